The molecule has 0 atom stereocenters. The van der Waals surface area contributed by atoms with Gasteiger partial charge in [0.2, 0.25) is 0 Å². The maximum Gasteiger partial charge on any atom is 0.349 e. The number of hydrogen-bond acceptors (Lipinski definition) is 7. The minimum absolute atomic E-state index is 0.140. The zero-order valence-corrected chi connectivity index (χ0v) is 18.9. The summed E-state index contributed by atoms with van der Waals surface area (Å²) in [5, 5.41) is 9.17. The Morgan fingerprint density at radius 3 is 2.41 bits per heavy atom. The number of ether oxygens (including phenoxy) is 4. The topological polar surface area (TPSA) is 94.9 Å². The van der Waals surface area contributed by atoms with E-state index >= 15 is 0 Å². The number of nitrogens with zero attached hydrogens (tertiary/aromatic N) is 1. The van der Waals surface area contributed by atoms with E-state index in [4.69, 9.17) is 18.9 Å². The highest BCUT2D eigenvalue weighted by Gasteiger charge is 2.20. The number of hydrogen-bond donors (Lipinski definition) is 0. The maximum absolute atomic E-state index is 12.4. The number of carbonyl (C=O) groups is 2. The van der Waals surface area contributed by atoms with Crippen molar-refractivity contribution in [1.82, 2.24) is 0 Å². The summed E-state index contributed by atoms with van der Waals surface area (Å²) in [6, 6.07) is 14.0. The largest absolute Gasteiger partial charge is 0.493 e. The van der Waals surface area contributed by atoms with Crippen LogP contribution in [-0.4, -0.2) is 32.3 Å². The van der Waals surface area contributed by atoms with Crippen LogP contribution in [0.2, 0.25) is 0 Å². The van der Waals surface area contributed by atoms with Gasteiger partial charge < -0.3 is 18.9 Å². The third-order valence-corrected chi connectivity index (χ3v) is 4.38. The molecule has 7 nitrogen and oxygen atoms in total. The van der Waals surface area contributed by atoms with Crippen molar-refractivity contribution in [3.8, 4) is 23.3 Å². The average molecular weight is 437 g/mol. The van der Waals surface area contributed by atoms with E-state index in [1.165, 1.54) is 19.3 Å². The molecule has 0 unspecified atom stereocenters. The molecule has 2 rings (SSSR count). The normalized spacial score (nSPS) is 11.3. The molecule has 0 aliphatic rings. The summed E-state index contributed by atoms with van der Waals surface area (Å²) in [6.07, 6.45) is 1.37. The Labute approximate surface area is 188 Å². The Balaban J connectivity index is 2.13. The van der Waals surface area contributed by atoms with E-state index in [2.05, 4.69) is 20.8 Å². The Kier molecular flexibility index (Phi) is 8.42. The standard InChI is InChI=1S/C25H27NO6/c1-6-30-24(28)18(15-26)13-17-11-12-21(22(14-17)29-5)32-23(27)16-31-20-10-8-7-9-19(20)25(2,3)4/h7-14H,6,16H2,1-5H3/b18-13+. The summed E-state index contributed by atoms with van der Waals surface area (Å²) in [6.45, 7) is 7.73. The molecule has 0 saturated heterocycles. The first-order valence-corrected chi connectivity index (χ1v) is 10.1. The number of nitriles is 1. The minimum Gasteiger partial charge on any atom is -0.493 e. The zero-order chi connectivity index (χ0) is 23.7. The number of esters is 2. The molecule has 0 amide bonds. The second-order valence-corrected chi connectivity index (χ2v) is 7.81. The highest BCUT2D eigenvalue weighted by Crippen LogP contribution is 2.32. The lowest BCUT2D eigenvalue weighted by atomic mass is 9.86. The minimum atomic E-state index is -0.711. The van der Waals surface area contributed by atoms with Crippen molar-refractivity contribution in [3.63, 3.8) is 0 Å². The van der Waals surface area contributed by atoms with Crippen molar-refractivity contribution in [2.75, 3.05) is 20.3 Å². The van der Waals surface area contributed by atoms with Crippen LogP contribution in [0.15, 0.2) is 48.0 Å². The fourth-order valence-electron chi connectivity index (χ4n) is 2.87. The van der Waals surface area contributed by atoms with Gasteiger partial charge in [-0.05, 0) is 47.7 Å². The summed E-state index contributed by atoms with van der Waals surface area (Å²) in [4.78, 5) is 24.2. The van der Waals surface area contributed by atoms with Crippen LogP contribution in [-0.2, 0) is 19.7 Å². The summed E-state index contributed by atoms with van der Waals surface area (Å²) < 4.78 is 21.2. The molecule has 0 aliphatic carbocycles. The van der Waals surface area contributed by atoms with Crippen LogP contribution in [0.25, 0.3) is 6.08 Å². The first-order valence-electron chi connectivity index (χ1n) is 10.1. The summed E-state index contributed by atoms with van der Waals surface area (Å²) >= 11 is 0. The van der Waals surface area contributed by atoms with Crippen LogP contribution in [0.5, 0.6) is 17.2 Å². The molecule has 0 aliphatic heterocycles. The van der Waals surface area contributed by atoms with Gasteiger partial charge in [0.15, 0.2) is 18.1 Å². The van der Waals surface area contributed by atoms with Crippen molar-refractivity contribution in [3.05, 3.63) is 59.2 Å². The fraction of sp³-hybridized carbons (Fsp3) is 0.320. The van der Waals surface area contributed by atoms with Gasteiger partial charge in [-0.1, -0.05) is 45.0 Å². The Bertz CT molecular complexity index is 1040. The molecule has 2 aromatic rings. The van der Waals surface area contributed by atoms with Crippen molar-refractivity contribution in [2.24, 2.45) is 0 Å². The van der Waals surface area contributed by atoms with E-state index < -0.39 is 11.9 Å². The third kappa shape index (κ3) is 6.61. The molecule has 0 spiro atoms. The number of benzene rings is 2. The highest BCUT2D eigenvalue weighted by molar-refractivity contribution is 5.98. The molecule has 0 fully saturated rings. The monoisotopic (exact) mass is 437 g/mol. The van der Waals surface area contributed by atoms with Crippen LogP contribution >= 0.6 is 0 Å². The average Bonchev–Trinajstić information content (AvgIpc) is 2.76. The van der Waals surface area contributed by atoms with Gasteiger partial charge in [0.1, 0.15) is 17.4 Å². The summed E-state index contributed by atoms with van der Waals surface area (Å²) in [5.41, 5.74) is 1.21. The van der Waals surface area contributed by atoms with Gasteiger partial charge >= 0.3 is 11.9 Å². The Hall–Kier alpha value is -3.79. The van der Waals surface area contributed by atoms with E-state index in [9.17, 15) is 14.9 Å². The summed E-state index contributed by atoms with van der Waals surface area (Å²) in [7, 11) is 1.42. The first-order chi connectivity index (χ1) is 15.2. The second-order valence-electron chi connectivity index (χ2n) is 7.81. The molecule has 32 heavy (non-hydrogen) atoms. The predicted molar refractivity (Wildman–Crippen MR) is 119 cm³/mol. The number of rotatable bonds is 8. The zero-order valence-electron chi connectivity index (χ0n) is 18.9. The molecule has 168 valence electrons. The quantitative estimate of drug-likeness (QED) is 0.261. The molecule has 0 aromatic heterocycles. The van der Waals surface area contributed by atoms with Crippen LogP contribution in [0.1, 0.15) is 38.8 Å². The van der Waals surface area contributed by atoms with Gasteiger partial charge in [-0.2, -0.15) is 5.26 Å². The van der Waals surface area contributed by atoms with Crippen LogP contribution < -0.4 is 14.2 Å². The van der Waals surface area contributed by atoms with E-state index in [1.54, 1.807) is 19.1 Å². The second kappa shape index (κ2) is 11.0. The molecular weight excluding hydrogens is 410 g/mol. The van der Waals surface area contributed by atoms with Gasteiger partial charge in [-0.15, -0.1) is 0 Å². The number of para-hydroxylation sites is 1. The lowest BCUT2D eigenvalue weighted by molar-refractivity contribution is -0.138. The molecule has 0 N–H and O–H groups in total. The first kappa shape index (κ1) is 24.5. The fourth-order valence-corrected chi connectivity index (χ4v) is 2.87. The third-order valence-electron chi connectivity index (χ3n) is 4.38. The van der Waals surface area contributed by atoms with Crippen molar-refractivity contribution >= 4 is 18.0 Å². The van der Waals surface area contributed by atoms with Crippen LogP contribution in [0, 0.1) is 11.3 Å². The number of methoxy groups -OCH3 is 1. The van der Waals surface area contributed by atoms with Gasteiger partial charge in [0, 0.05) is 0 Å². The van der Waals surface area contributed by atoms with Gasteiger partial charge in [0.25, 0.3) is 0 Å². The predicted octanol–water partition coefficient (Wildman–Crippen LogP) is 4.45. The summed E-state index contributed by atoms with van der Waals surface area (Å²) in [5.74, 6) is -0.232. The molecule has 0 bridgehead atoms. The van der Waals surface area contributed by atoms with Gasteiger partial charge in [-0.25, -0.2) is 9.59 Å². The van der Waals surface area contributed by atoms with Crippen LogP contribution in [0.3, 0.4) is 0 Å². The SMILES string of the molecule is CCOC(=O)/C(C#N)=C/c1ccc(OC(=O)COc2ccccc2C(C)(C)C)c(OC)c1. The molecule has 0 saturated carbocycles. The number of carbonyl (C=O) groups excluding carboxylic acids is 2. The molecule has 0 radical (unpaired) electrons. The van der Waals surface area contributed by atoms with E-state index in [0.29, 0.717) is 11.3 Å². The smallest absolute Gasteiger partial charge is 0.349 e. The lowest BCUT2D eigenvalue weighted by Gasteiger charge is -2.22. The van der Waals surface area contributed by atoms with E-state index in [0.717, 1.165) is 5.56 Å². The van der Waals surface area contributed by atoms with Gasteiger partial charge in [0.05, 0.1) is 13.7 Å². The van der Waals surface area contributed by atoms with Crippen molar-refractivity contribution < 1.29 is 28.5 Å². The lowest BCUT2D eigenvalue weighted by Crippen LogP contribution is -2.20. The van der Waals surface area contributed by atoms with Crippen LogP contribution in [0.4, 0.5) is 0 Å². The molecular formula is C25H27NO6. The maximum atomic E-state index is 12.4. The van der Waals surface area contributed by atoms with Gasteiger partial charge in [-0.3, -0.25) is 0 Å². The molecule has 7 heteroatoms. The van der Waals surface area contributed by atoms with E-state index in [1.807, 2.05) is 30.3 Å². The molecule has 0 heterocycles. The highest BCUT2D eigenvalue weighted by atomic mass is 16.6. The Morgan fingerprint density at radius 2 is 1.78 bits per heavy atom. The Morgan fingerprint density at radius 1 is 1.06 bits per heavy atom. The van der Waals surface area contributed by atoms with Crippen molar-refractivity contribution in [2.45, 2.75) is 33.1 Å². The molecule has 2 aromatic carbocycles. The van der Waals surface area contributed by atoms with Crippen molar-refractivity contribution in [1.29, 1.82) is 5.26 Å². The van der Waals surface area contributed by atoms with E-state index in [-0.39, 0.29) is 35.7 Å².